The lowest BCUT2D eigenvalue weighted by atomic mass is 9.99. The Morgan fingerprint density at radius 1 is 0.853 bits per heavy atom. The third-order valence-electron chi connectivity index (χ3n) is 5.64. The van der Waals surface area contributed by atoms with Crippen LogP contribution in [0.15, 0.2) is 60.7 Å². The fraction of sp³-hybridized carbons (Fsp3) is 0.280. The van der Waals surface area contributed by atoms with Crippen LogP contribution < -0.4 is 4.74 Å². The Kier molecular flexibility index (Phi) is 6.92. The molecule has 0 saturated carbocycles. The number of hydrogen-bond acceptors (Lipinski definition) is 6. The molecule has 0 bridgehead atoms. The fourth-order valence-electron chi connectivity index (χ4n) is 3.76. The predicted octanol–water partition coefficient (Wildman–Crippen LogP) is 3.21. The molecule has 1 fully saturated rings. The quantitative estimate of drug-likeness (QED) is 0.422. The number of halogens is 3. The van der Waals surface area contributed by atoms with Crippen molar-refractivity contribution in [3.63, 3.8) is 0 Å². The van der Waals surface area contributed by atoms with Crippen molar-refractivity contribution in [3.05, 3.63) is 77.4 Å². The molecule has 4 rings (SSSR count). The van der Waals surface area contributed by atoms with Gasteiger partial charge >= 0.3 is 6.18 Å². The standard InChI is InChI=1S/C25H23F3O6/c26-25(27,28)18-7-3-4-14(10-18)8-9-17-11-15-5-1-2-6-16(15)12-19(17)33-24-23(32)22(31)21(30)20(13-29)34-24/h1-12,20-24,29-32H,13H2/b9-8+/t20-,21-,22+,23-,24-/m1/s1. The molecule has 6 nitrogen and oxygen atoms in total. The van der Waals surface area contributed by atoms with E-state index in [9.17, 15) is 33.6 Å². The van der Waals surface area contributed by atoms with Crippen molar-refractivity contribution in [1.29, 1.82) is 0 Å². The van der Waals surface area contributed by atoms with E-state index in [1.54, 1.807) is 18.2 Å². The molecular weight excluding hydrogens is 453 g/mol. The molecule has 0 spiro atoms. The SMILES string of the molecule is OC[C@H]1O[C@@H](Oc2cc3ccccc3cc2/C=C/c2cccc(C(F)(F)F)c2)[C@H](O)[C@@H](O)[C@@H]1O. The molecule has 1 aliphatic heterocycles. The molecule has 3 aromatic rings. The van der Waals surface area contributed by atoms with Crippen molar-refractivity contribution in [1.82, 2.24) is 0 Å². The summed E-state index contributed by atoms with van der Waals surface area (Å²) in [5.41, 5.74) is 0.0285. The number of fused-ring (bicyclic) bond motifs is 1. The third-order valence-corrected chi connectivity index (χ3v) is 5.64. The highest BCUT2D eigenvalue weighted by molar-refractivity contribution is 5.88. The van der Waals surface area contributed by atoms with Crippen molar-refractivity contribution in [2.24, 2.45) is 0 Å². The van der Waals surface area contributed by atoms with E-state index in [0.29, 0.717) is 11.1 Å². The predicted molar refractivity (Wildman–Crippen MR) is 119 cm³/mol. The Morgan fingerprint density at radius 3 is 2.24 bits per heavy atom. The van der Waals surface area contributed by atoms with Crippen LogP contribution in [-0.4, -0.2) is 57.7 Å². The van der Waals surface area contributed by atoms with Crippen LogP contribution in [0.5, 0.6) is 5.75 Å². The molecule has 3 aromatic carbocycles. The second-order valence-electron chi connectivity index (χ2n) is 8.01. The number of ether oxygens (including phenoxy) is 2. The Morgan fingerprint density at radius 2 is 1.56 bits per heavy atom. The van der Waals surface area contributed by atoms with Crippen LogP contribution >= 0.6 is 0 Å². The minimum atomic E-state index is -4.47. The van der Waals surface area contributed by atoms with Gasteiger partial charge in [0.25, 0.3) is 0 Å². The highest BCUT2D eigenvalue weighted by atomic mass is 19.4. The highest BCUT2D eigenvalue weighted by Crippen LogP contribution is 2.33. The summed E-state index contributed by atoms with van der Waals surface area (Å²) < 4.78 is 50.4. The molecule has 34 heavy (non-hydrogen) atoms. The van der Waals surface area contributed by atoms with E-state index in [1.807, 2.05) is 24.3 Å². The van der Waals surface area contributed by atoms with Gasteiger partial charge in [-0.15, -0.1) is 0 Å². The van der Waals surface area contributed by atoms with Crippen LogP contribution in [0.25, 0.3) is 22.9 Å². The highest BCUT2D eigenvalue weighted by Gasteiger charge is 2.44. The van der Waals surface area contributed by atoms with Gasteiger partial charge in [0.15, 0.2) is 0 Å². The van der Waals surface area contributed by atoms with Crippen molar-refractivity contribution < 1.29 is 43.1 Å². The average Bonchev–Trinajstić information content (AvgIpc) is 2.82. The summed E-state index contributed by atoms with van der Waals surface area (Å²) in [4.78, 5) is 0. The van der Waals surface area contributed by atoms with Crippen molar-refractivity contribution >= 4 is 22.9 Å². The Bertz CT molecular complexity index is 1180. The number of aliphatic hydroxyl groups excluding tert-OH is 4. The first-order valence-electron chi connectivity index (χ1n) is 10.5. The van der Waals surface area contributed by atoms with Gasteiger partial charge < -0.3 is 29.9 Å². The molecule has 0 amide bonds. The molecule has 180 valence electrons. The van der Waals surface area contributed by atoms with Gasteiger partial charge in [0, 0.05) is 5.56 Å². The summed E-state index contributed by atoms with van der Waals surface area (Å²) in [6, 6.07) is 15.6. The van der Waals surface area contributed by atoms with Gasteiger partial charge in [-0.2, -0.15) is 13.2 Å². The molecule has 0 aliphatic carbocycles. The van der Waals surface area contributed by atoms with Gasteiger partial charge in [-0.25, -0.2) is 0 Å². The lowest BCUT2D eigenvalue weighted by Gasteiger charge is -2.39. The van der Waals surface area contributed by atoms with E-state index in [-0.39, 0.29) is 5.75 Å². The maximum atomic E-state index is 13.0. The van der Waals surface area contributed by atoms with E-state index in [2.05, 4.69) is 0 Å². The van der Waals surface area contributed by atoms with Gasteiger partial charge in [0.1, 0.15) is 30.2 Å². The van der Waals surface area contributed by atoms with E-state index >= 15 is 0 Å². The molecule has 4 N–H and O–H groups in total. The van der Waals surface area contributed by atoms with Crippen LogP contribution in [0.3, 0.4) is 0 Å². The minimum absolute atomic E-state index is 0.228. The Balaban J connectivity index is 1.69. The van der Waals surface area contributed by atoms with Gasteiger partial charge in [0.05, 0.1) is 12.2 Å². The molecule has 0 unspecified atom stereocenters. The summed E-state index contributed by atoms with van der Waals surface area (Å²) in [5, 5.41) is 41.4. The van der Waals surface area contributed by atoms with Crippen LogP contribution in [0.1, 0.15) is 16.7 Å². The third kappa shape index (κ3) is 5.08. The Hall–Kier alpha value is -2.95. The van der Waals surface area contributed by atoms with E-state index in [1.165, 1.54) is 18.2 Å². The van der Waals surface area contributed by atoms with Crippen LogP contribution in [0.2, 0.25) is 0 Å². The first kappa shape index (κ1) is 24.2. The van der Waals surface area contributed by atoms with Gasteiger partial charge in [0.2, 0.25) is 6.29 Å². The van der Waals surface area contributed by atoms with E-state index in [4.69, 9.17) is 9.47 Å². The molecule has 1 heterocycles. The normalized spacial score (nSPS) is 25.7. The summed E-state index contributed by atoms with van der Waals surface area (Å²) in [6.45, 7) is -0.606. The molecule has 0 aromatic heterocycles. The molecule has 1 aliphatic rings. The number of aliphatic hydroxyl groups is 4. The number of benzene rings is 3. The summed E-state index contributed by atoms with van der Waals surface area (Å²) >= 11 is 0. The average molecular weight is 476 g/mol. The molecule has 9 heteroatoms. The molecule has 1 saturated heterocycles. The summed E-state index contributed by atoms with van der Waals surface area (Å²) in [6.07, 6.45) is -8.70. The van der Waals surface area contributed by atoms with Gasteiger partial charge in [-0.3, -0.25) is 0 Å². The smallest absolute Gasteiger partial charge is 0.416 e. The minimum Gasteiger partial charge on any atom is -0.461 e. The molecule has 5 atom stereocenters. The topological polar surface area (TPSA) is 99.4 Å². The monoisotopic (exact) mass is 476 g/mol. The summed E-state index contributed by atoms with van der Waals surface area (Å²) in [5.74, 6) is 0.228. The van der Waals surface area contributed by atoms with Gasteiger partial charge in [-0.1, -0.05) is 48.6 Å². The fourth-order valence-corrected chi connectivity index (χ4v) is 3.76. The Labute approximate surface area is 193 Å². The molecule has 0 radical (unpaired) electrons. The maximum Gasteiger partial charge on any atom is 0.416 e. The number of alkyl halides is 3. The second kappa shape index (κ2) is 9.73. The lowest BCUT2D eigenvalue weighted by Crippen LogP contribution is -2.60. The van der Waals surface area contributed by atoms with Crippen molar-refractivity contribution in [3.8, 4) is 5.75 Å². The molecular formula is C25H23F3O6. The first-order chi connectivity index (χ1) is 16.2. The zero-order valence-electron chi connectivity index (χ0n) is 17.8. The largest absolute Gasteiger partial charge is 0.461 e. The lowest BCUT2D eigenvalue weighted by molar-refractivity contribution is -0.277. The van der Waals surface area contributed by atoms with E-state index < -0.39 is 49.1 Å². The first-order valence-corrected chi connectivity index (χ1v) is 10.5. The van der Waals surface area contributed by atoms with Crippen LogP contribution in [0, 0.1) is 0 Å². The number of hydrogen-bond donors (Lipinski definition) is 4. The second-order valence-corrected chi connectivity index (χ2v) is 8.01. The zero-order chi connectivity index (χ0) is 24.5. The number of rotatable bonds is 5. The van der Waals surface area contributed by atoms with Gasteiger partial charge in [-0.05, 0) is 40.6 Å². The summed E-state index contributed by atoms with van der Waals surface area (Å²) in [7, 11) is 0. The van der Waals surface area contributed by atoms with Crippen molar-refractivity contribution in [2.75, 3.05) is 6.61 Å². The van der Waals surface area contributed by atoms with E-state index in [0.717, 1.165) is 22.9 Å². The van der Waals surface area contributed by atoms with Crippen LogP contribution in [-0.2, 0) is 10.9 Å². The van der Waals surface area contributed by atoms with Crippen molar-refractivity contribution in [2.45, 2.75) is 36.9 Å². The maximum absolute atomic E-state index is 13.0. The van der Waals surface area contributed by atoms with Crippen LogP contribution in [0.4, 0.5) is 13.2 Å². The zero-order valence-corrected chi connectivity index (χ0v) is 17.8.